The monoisotopic (exact) mass is 256 g/mol. The maximum absolute atomic E-state index is 5.56. The van der Waals surface area contributed by atoms with Crippen molar-refractivity contribution < 1.29 is 4.74 Å². The van der Waals surface area contributed by atoms with Gasteiger partial charge in [-0.1, -0.05) is 19.8 Å². The summed E-state index contributed by atoms with van der Waals surface area (Å²) >= 11 is 0. The predicted molar refractivity (Wildman–Crippen MR) is 75.3 cm³/mol. The zero-order valence-corrected chi connectivity index (χ0v) is 11.8. The number of hydrogen-bond acceptors (Lipinski definition) is 3. The van der Waals surface area contributed by atoms with E-state index < -0.39 is 0 Å². The molecule has 1 aliphatic rings. The first-order valence-corrected chi connectivity index (χ1v) is 7.06. The minimum absolute atomic E-state index is 0.750. The lowest BCUT2D eigenvalue weighted by Gasteiger charge is -2.33. The summed E-state index contributed by atoms with van der Waals surface area (Å²) in [5.41, 5.74) is 2.73. The minimum Gasteiger partial charge on any atom is -0.385 e. The van der Waals surface area contributed by atoms with E-state index in [4.69, 9.17) is 10.6 Å². The summed E-state index contributed by atoms with van der Waals surface area (Å²) in [6.07, 6.45) is 6.09. The van der Waals surface area contributed by atoms with Crippen LogP contribution in [0.4, 0.5) is 0 Å². The normalized spacial score (nSPS) is 18.2. The lowest BCUT2D eigenvalue weighted by Crippen LogP contribution is -2.48. The number of ether oxygens (including phenoxy) is 1. The molecule has 5 nitrogen and oxygen atoms in total. The van der Waals surface area contributed by atoms with E-state index in [0.717, 1.165) is 44.5 Å². The highest BCUT2D eigenvalue weighted by Gasteiger charge is 2.20. The highest BCUT2D eigenvalue weighted by molar-refractivity contribution is 5.79. The van der Waals surface area contributed by atoms with Crippen LogP contribution in [0.5, 0.6) is 0 Å². The Kier molecular flexibility index (Phi) is 7.76. The van der Waals surface area contributed by atoms with Crippen molar-refractivity contribution in [2.45, 2.75) is 39.0 Å². The number of hydrogen-bond donors (Lipinski definition) is 2. The molecule has 1 aliphatic heterocycles. The Hall–Kier alpha value is -0.810. The zero-order chi connectivity index (χ0) is 13.2. The second-order valence-electron chi connectivity index (χ2n) is 4.92. The number of rotatable bonds is 6. The minimum atomic E-state index is 0.750. The number of nitrogens with zero attached hydrogens (tertiary/aromatic N) is 2. The van der Waals surface area contributed by atoms with Gasteiger partial charge in [-0.25, -0.2) is 5.84 Å². The molecule has 0 saturated carbocycles. The Morgan fingerprint density at radius 3 is 2.72 bits per heavy atom. The molecule has 18 heavy (non-hydrogen) atoms. The Morgan fingerprint density at radius 2 is 2.17 bits per heavy atom. The van der Waals surface area contributed by atoms with Crippen LogP contribution >= 0.6 is 0 Å². The van der Waals surface area contributed by atoms with Crippen LogP contribution in [0.15, 0.2) is 4.99 Å². The van der Waals surface area contributed by atoms with Gasteiger partial charge < -0.3 is 9.64 Å². The van der Waals surface area contributed by atoms with Gasteiger partial charge in [0.15, 0.2) is 0 Å². The first-order valence-electron chi connectivity index (χ1n) is 7.06. The van der Waals surface area contributed by atoms with Crippen LogP contribution in [0.25, 0.3) is 0 Å². The molecule has 0 amide bonds. The van der Waals surface area contributed by atoms with E-state index in [2.05, 4.69) is 22.2 Å². The van der Waals surface area contributed by atoms with Crippen molar-refractivity contribution in [1.82, 2.24) is 10.3 Å². The summed E-state index contributed by atoms with van der Waals surface area (Å²) in [5.74, 6) is 7.28. The molecule has 0 unspecified atom stereocenters. The fourth-order valence-corrected chi connectivity index (χ4v) is 2.47. The van der Waals surface area contributed by atoms with Gasteiger partial charge in [0.1, 0.15) is 0 Å². The van der Waals surface area contributed by atoms with Crippen LogP contribution in [0.3, 0.4) is 0 Å². The summed E-state index contributed by atoms with van der Waals surface area (Å²) in [5, 5.41) is 0. The number of aliphatic imine (C=N–C) groups is 1. The van der Waals surface area contributed by atoms with Gasteiger partial charge >= 0.3 is 0 Å². The molecule has 0 aromatic heterocycles. The lowest BCUT2D eigenvalue weighted by atomic mass is 9.93. The average Bonchev–Trinajstić information content (AvgIpc) is 2.41. The number of nitrogens with two attached hydrogens (primary N) is 1. The van der Waals surface area contributed by atoms with Gasteiger partial charge in [-0.15, -0.1) is 0 Å². The summed E-state index contributed by atoms with van der Waals surface area (Å²) in [6, 6.07) is 0. The largest absolute Gasteiger partial charge is 0.385 e. The number of hydrazine groups is 1. The quantitative estimate of drug-likeness (QED) is 0.248. The highest BCUT2D eigenvalue weighted by atomic mass is 16.5. The summed E-state index contributed by atoms with van der Waals surface area (Å²) in [6.45, 7) is 5.91. The molecule has 0 aromatic carbocycles. The smallest absolute Gasteiger partial charge is 0.208 e. The standard InChI is InChI=1S/C13H28N4O/c1-3-5-12-6-9-17(10-7-12)13(16-14)15-8-4-11-18-2/h12H,3-11,14H2,1-2H3,(H,15,16). The van der Waals surface area contributed by atoms with E-state index >= 15 is 0 Å². The van der Waals surface area contributed by atoms with E-state index in [9.17, 15) is 0 Å². The van der Waals surface area contributed by atoms with Gasteiger partial charge in [-0.3, -0.25) is 10.4 Å². The van der Waals surface area contributed by atoms with Crippen LogP contribution in [0, 0.1) is 5.92 Å². The lowest BCUT2D eigenvalue weighted by molar-refractivity contribution is 0.196. The van der Waals surface area contributed by atoms with Gasteiger partial charge in [0.05, 0.1) is 0 Å². The molecule has 0 aliphatic carbocycles. The molecule has 1 heterocycles. The van der Waals surface area contributed by atoms with Gasteiger partial charge in [0, 0.05) is 33.4 Å². The molecule has 0 atom stereocenters. The number of likely N-dealkylation sites (tertiary alicyclic amines) is 1. The second-order valence-corrected chi connectivity index (χ2v) is 4.92. The van der Waals surface area contributed by atoms with Crippen molar-refractivity contribution in [3.63, 3.8) is 0 Å². The van der Waals surface area contributed by atoms with E-state index in [0.29, 0.717) is 0 Å². The number of piperidine rings is 1. The third-order valence-electron chi connectivity index (χ3n) is 3.51. The fraction of sp³-hybridized carbons (Fsp3) is 0.923. The number of guanidine groups is 1. The Labute approximate surface area is 111 Å². The molecule has 0 radical (unpaired) electrons. The van der Waals surface area contributed by atoms with Crippen LogP contribution in [0.1, 0.15) is 39.0 Å². The van der Waals surface area contributed by atoms with Gasteiger partial charge in [-0.2, -0.15) is 0 Å². The van der Waals surface area contributed by atoms with Crippen molar-refractivity contribution in [2.24, 2.45) is 16.8 Å². The van der Waals surface area contributed by atoms with E-state index in [1.165, 1.54) is 25.7 Å². The molecule has 5 heteroatoms. The summed E-state index contributed by atoms with van der Waals surface area (Å²) in [7, 11) is 1.71. The Balaban J connectivity index is 2.33. The molecule has 106 valence electrons. The molecule has 3 N–H and O–H groups in total. The molecule has 1 rings (SSSR count). The van der Waals surface area contributed by atoms with Crippen LogP contribution < -0.4 is 11.3 Å². The number of methoxy groups -OCH3 is 1. The molecular formula is C13H28N4O. The first-order chi connectivity index (χ1) is 8.81. The fourth-order valence-electron chi connectivity index (χ4n) is 2.47. The summed E-state index contributed by atoms with van der Waals surface area (Å²) in [4.78, 5) is 6.76. The molecular weight excluding hydrogens is 228 g/mol. The van der Waals surface area contributed by atoms with Crippen molar-refractivity contribution in [3.05, 3.63) is 0 Å². The van der Waals surface area contributed by atoms with Crippen molar-refractivity contribution in [1.29, 1.82) is 0 Å². The Bertz CT molecular complexity index is 237. The first kappa shape index (κ1) is 15.2. The van der Waals surface area contributed by atoms with E-state index in [1.807, 2.05) is 0 Å². The van der Waals surface area contributed by atoms with E-state index in [-0.39, 0.29) is 0 Å². The van der Waals surface area contributed by atoms with Crippen molar-refractivity contribution >= 4 is 5.96 Å². The van der Waals surface area contributed by atoms with Crippen LogP contribution in [0.2, 0.25) is 0 Å². The topological polar surface area (TPSA) is 62.9 Å². The maximum Gasteiger partial charge on any atom is 0.208 e. The van der Waals surface area contributed by atoms with Gasteiger partial charge in [0.2, 0.25) is 5.96 Å². The maximum atomic E-state index is 5.56. The average molecular weight is 256 g/mol. The number of nitrogens with one attached hydrogen (secondary N) is 1. The van der Waals surface area contributed by atoms with Crippen molar-refractivity contribution in [3.8, 4) is 0 Å². The molecule has 0 aromatic rings. The van der Waals surface area contributed by atoms with Crippen molar-refractivity contribution in [2.75, 3.05) is 33.4 Å². The molecule has 1 saturated heterocycles. The van der Waals surface area contributed by atoms with Crippen LogP contribution in [-0.4, -0.2) is 44.2 Å². The molecule has 0 bridgehead atoms. The predicted octanol–water partition coefficient (Wildman–Crippen LogP) is 1.35. The van der Waals surface area contributed by atoms with E-state index in [1.54, 1.807) is 7.11 Å². The third-order valence-corrected chi connectivity index (χ3v) is 3.51. The summed E-state index contributed by atoms with van der Waals surface area (Å²) < 4.78 is 5.01. The molecule has 0 spiro atoms. The Morgan fingerprint density at radius 1 is 1.44 bits per heavy atom. The second kappa shape index (κ2) is 9.16. The molecule has 1 fully saturated rings. The SMILES string of the molecule is CCCC1CCN(C(=NCCCOC)NN)CC1. The highest BCUT2D eigenvalue weighted by Crippen LogP contribution is 2.21. The zero-order valence-electron chi connectivity index (χ0n) is 11.8. The van der Waals surface area contributed by atoms with Gasteiger partial charge in [-0.05, 0) is 25.2 Å². The van der Waals surface area contributed by atoms with Crippen LogP contribution in [-0.2, 0) is 4.74 Å². The van der Waals surface area contributed by atoms with Gasteiger partial charge in [0.25, 0.3) is 0 Å². The third kappa shape index (κ3) is 5.23.